The van der Waals surface area contributed by atoms with Gasteiger partial charge in [0.1, 0.15) is 0 Å². The van der Waals surface area contributed by atoms with Crippen LogP contribution in [0.3, 0.4) is 0 Å². The van der Waals surface area contributed by atoms with Crippen LogP contribution in [-0.2, 0) is 11.2 Å². The Morgan fingerprint density at radius 3 is 2.52 bits per heavy atom. The number of carbonyl (C=O) groups is 2. The summed E-state index contributed by atoms with van der Waals surface area (Å²) in [4.78, 5) is 22.4. The fourth-order valence-corrected chi connectivity index (χ4v) is 2.12. The second-order valence-electron chi connectivity index (χ2n) is 4.86. The molecule has 0 heterocycles. The average Bonchev–Trinajstić information content (AvgIpc) is 2.40. The van der Waals surface area contributed by atoms with Gasteiger partial charge in [-0.3, -0.25) is 4.79 Å². The number of urea groups is 1. The molecule has 2 amide bonds. The molecule has 0 spiro atoms. The minimum Gasteiger partial charge on any atom is -0.481 e. The second kappa shape index (κ2) is 9.23. The first-order valence-electron chi connectivity index (χ1n) is 7.02. The summed E-state index contributed by atoms with van der Waals surface area (Å²) in [6.07, 6.45) is 2.11. The number of halogens is 1. The number of benzene rings is 1. The first kappa shape index (κ1) is 17.3. The highest BCUT2D eigenvalue weighted by Crippen LogP contribution is 2.09. The van der Waals surface area contributed by atoms with Crippen molar-refractivity contribution in [2.45, 2.75) is 38.6 Å². The van der Waals surface area contributed by atoms with E-state index in [1.54, 1.807) is 12.1 Å². The number of hydrogen-bond acceptors (Lipinski definition) is 2. The number of rotatable bonds is 8. The smallest absolute Gasteiger partial charge is 0.315 e. The van der Waals surface area contributed by atoms with Gasteiger partial charge in [-0.05, 0) is 30.5 Å². The monoisotopic (exact) mass is 312 g/mol. The number of carboxylic acid groups (broad SMARTS) is 1. The van der Waals surface area contributed by atoms with Gasteiger partial charge in [0.2, 0.25) is 0 Å². The Morgan fingerprint density at radius 1 is 1.29 bits per heavy atom. The van der Waals surface area contributed by atoms with Crippen LogP contribution in [0.25, 0.3) is 0 Å². The molecule has 0 radical (unpaired) electrons. The SMILES string of the molecule is CCCC(CC(=O)O)NC(=O)NCCc1ccc(Cl)cc1. The van der Waals surface area contributed by atoms with Crippen molar-refractivity contribution in [3.05, 3.63) is 34.9 Å². The Hall–Kier alpha value is -1.75. The maximum Gasteiger partial charge on any atom is 0.315 e. The third kappa shape index (κ3) is 7.56. The lowest BCUT2D eigenvalue weighted by molar-refractivity contribution is -0.137. The van der Waals surface area contributed by atoms with Gasteiger partial charge in [-0.2, -0.15) is 0 Å². The zero-order valence-corrected chi connectivity index (χ0v) is 12.8. The first-order valence-corrected chi connectivity index (χ1v) is 7.39. The summed E-state index contributed by atoms with van der Waals surface area (Å²) in [5.74, 6) is -0.907. The number of nitrogens with one attached hydrogen (secondary N) is 2. The zero-order valence-electron chi connectivity index (χ0n) is 12.1. The van der Waals surface area contributed by atoms with Crippen LogP contribution >= 0.6 is 11.6 Å². The molecule has 0 aromatic heterocycles. The van der Waals surface area contributed by atoms with E-state index in [9.17, 15) is 9.59 Å². The van der Waals surface area contributed by atoms with Crippen LogP contribution < -0.4 is 10.6 Å². The molecule has 1 aromatic carbocycles. The van der Waals surface area contributed by atoms with Crippen LogP contribution in [0.4, 0.5) is 4.79 Å². The topological polar surface area (TPSA) is 78.4 Å². The largest absolute Gasteiger partial charge is 0.481 e. The van der Waals surface area contributed by atoms with Gasteiger partial charge in [0.25, 0.3) is 0 Å². The quantitative estimate of drug-likeness (QED) is 0.690. The highest BCUT2D eigenvalue weighted by atomic mass is 35.5. The van der Waals surface area contributed by atoms with E-state index in [2.05, 4.69) is 10.6 Å². The molecule has 0 bridgehead atoms. The van der Waals surface area contributed by atoms with Crippen LogP contribution in [0.15, 0.2) is 24.3 Å². The fraction of sp³-hybridized carbons (Fsp3) is 0.467. The summed E-state index contributed by atoms with van der Waals surface area (Å²) in [5.41, 5.74) is 1.08. The molecule has 0 aliphatic rings. The lowest BCUT2D eigenvalue weighted by Gasteiger charge is -2.16. The van der Waals surface area contributed by atoms with Crippen LogP contribution in [0.1, 0.15) is 31.7 Å². The summed E-state index contributed by atoms with van der Waals surface area (Å²) in [6.45, 7) is 2.44. The third-order valence-electron chi connectivity index (χ3n) is 3.01. The van der Waals surface area contributed by atoms with E-state index in [0.717, 1.165) is 12.0 Å². The maximum absolute atomic E-state index is 11.7. The van der Waals surface area contributed by atoms with E-state index in [-0.39, 0.29) is 18.5 Å². The van der Waals surface area contributed by atoms with Gasteiger partial charge >= 0.3 is 12.0 Å². The molecule has 0 aliphatic heterocycles. The average molecular weight is 313 g/mol. The van der Waals surface area contributed by atoms with Crippen LogP contribution in [0.5, 0.6) is 0 Å². The standard InChI is InChI=1S/C15H21ClN2O3/c1-2-3-13(10-14(19)20)18-15(21)17-9-8-11-4-6-12(16)7-5-11/h4-7,13H,2-3,8-10H2,1H3,(H,19,20)(H2,17,18,21). The van der Waals surface area contributed by atoms with Crippen molar-refractivity contribution >= 4 is 23.6 Å². The third-order valence-corrected chi connectivity index (χ3v) is 3.26. The molecule has 1 aromatic rings. The molecule has 1 atom stereocenters. The van der Waals surface area contributed by atoms with Crippen molar-refractivity contribution < 1.29 is 14.7 Å². The molecule has 0 saturated carbocycles. The number of carbonyl (C=O) groups excluding carboxylic acids is 1. The Balaban J connectivity index is 2.31. The van der Waals surface area contributed by atoms with Crippen molar-refractivity contribution in [1.82, 2.24) is 10.6 Å². The number of aliphatic carboxylic acids is 1. The van der Waals surface area contributed by atoms with E-state index >= 15 is 0 Å². The highest BCUT2D eigenvalue weighted by Gasteiger charge is 2.14. The van der Waals surface area contributed by atoms with Gasteiger partial charge < -0.3 is 15.7 Å². The van der Waals surface area contributed by atoms with Gasteiger partial charge in [-0.1, -0.05) is 37.1 Å². The molecular weight excluding hydrogens is 292 g/mol. The van der Waals surface area contributed by atoms with Crippen molar-refractivity contribution in [3.8, 4) is 0 Å². The second-order valence-corrected chi connectivity index (χ2v) is 5.30. The van der Waals surface area contributed by atoms with E-state index in [1.807, 2.05) is 19.1 Å². The van der Waals surface area contributed by atoms with Crippen LogP contribution in [0.2, 0.25) is 5.02 Å². The Labute approximate surface area is 129 Å². The zero-order chi connectivity index (χ0) is 15.7. The number of hydrogen-bond donors (Lipinski definition) is 3. The molecule has 116 valence electrons. The highest BCUT2D eigenvalue weighted by molar-refractivity contribution is 6.30. The van der Waals surface area contributed by atoms with Gasteiger partial charge in [-0.25, -0.2) is 4.79 Å². The lowest BCUT2D eigenvalue weighted by Crippen LogP contribution is -2.43. The molecule has 3 N–H and O–H groups in total. The normalized spacial score (nSPS) is 11.7. The summed E-state index contributed by atoms with van der Waals surface area (Å²) in [5, 5.41) is 14.9. The van der Waals surface area contributed by atoms with Crippen molar-refractivity contribution in [2.24, 2.45) is 0 Å². The van der Waals surface area contributed by atoms with Gasteiger partial charge in [0, 0.05) is 17.6 Å². The van der Waals surface area contributed by atoms with Crippen molar-refractivity contribution in [3.63, 3.8) is 0 Å². The summed E-state index contributed by atoms with van der Waals surface area (Å²) in [6, 6.07) is 6.77. The first-order chi connectivity index (χ1) is 10.0. The van der Waals surface area contributed by atoms with Gasteiger partial charge in [0.05, 0.1) is 6.42 Å². The Kier molecular flexibility index (Phi) is 7.61. The maximum atomic E-state index is 11.7. The Morgan fingerprint density at radius 2 is 1.95 bits per heavy atom. The van der Waals surface area contributed by atoms with Gasteiger partial charge in [0.15, 0.2) is 0 Å². The van der Waals surface area contributed by atoms with E-state index < -0.39 is 5.97 Å². The Bertz CT molecular complexity index is 462. The van der Waals surface area contributed by atoms with E-state index in [1.165, 1.54) is 0 Å². The number of carboxylic acids is 1. The molecule has 5 nitrogen and oxygen atoms in total. The van der Waals surface area contributed by atoms with E-state index in [0.29, 0.717) is 24.4 Å². The minimum atomic E-state index is -0.907. The predicted molar refractivity (Wildman–Crippen MR) is 82.6 cm³/mol. The van der Waals surface area contributed by atoms with Crippen molar-refractivity contribution in [1.29, 1.82) is 0 Å². The molecular formula is C15H21ClN2O3. The lowest BCUT2D eigenvalue weighted by atomic mass is 10.1. The summed E-state index contributed by atoms with van der Waals surface area (Å²) < 4.78 is 0. The number of amides is 2. The van der Waals surface area contributed by atoms with Crippen LogP contribution in [-0.4, -0.2) is 29.7 Å². The molecule has 1 unspecified atom stereocenters. The summed E-state index contributed by atoms with van der Waals surface area (Å²) >= 11 is 5.80. The molecule has 0 aliphatic carbocycles. The summed E-state index contributed by atoms with van der Waals surface area (Å²) in [7, 11) is 0. The van der Waals surface area contributed by atoms with Gasteiger partial charge in [-0.15, -0.1) is 0 Å². The predicted octanol–water partition coefficient (Wildman–Crippen LogP) is 2.83. The minimum absolute atomic E-state index is 0.0571. The molecule has 6 heteroatoms. The van der Waals surface area contributed by atoms with E-state index in [4.69, 9.17) is 16.7 Å². The molecule has 0 fully saturated rings. The van der Waals surface area contributed by atoms with Crippen molar-refractivity contribution in [2.75, 3.05) is 6.54 Å². The molecule has 0 saturated heterocycles. The molecule has 21 heavy (non-hydrogen) atoms. The fourth-order valence-electron chi connectivity index (χ4n) is 1.99. The molecule has 1 rings (SSSR count). The van der Waals surface area contributed by atoms with Crippen LogP contribution in [0, 0.1) is 0 Å².